The van der Waals surface area contributed by atoms with E-state index in [1.54, 1.807) is 0 Å². The Balaban J connectivity index is 1.42. The van der Waals surface area contributed by atoms with Gasteiger partial charge >= 0.3 is 0 Å². The molecule has 4 fully saturated rings. The first-order valence-electron chi connectivity index (χ1n) is 10.3. The number of carbonyl (C=O) groups is 1. The van der Waals surface area contributed by atoms with Gasteiger partial charge in [0.15, 0.2) is 5.69 Å². The number of nitrogens with zero attached hydrogens (tertiary/aromatic N) is 3. The van der Waals surface area contributed by atoms with Crippen molar-refractivity contribution in [3.63, 3.8) is 0 Å². The lowest BCUT2D eigenvalue weighted by molar-refractivity contribution is -0.00352. The smallest absolute Gasteiger partial charge is 0.275 e. The standard InChI is InChI=1S/C23H24N4O/c28-23(20-17-8-4-5-9-19(17)24-25-20)27-14-18(15-6-2-1-3-7-15)22-21(27)16-10-12-26(22)13-11-16/h1-9,16,18,21-22H,10-14H2,(H,24,25)/t18-,21+,22+/m0/s1. The van der Waals surface area contributed by atoms with Crippen molar-refractivity contribution >= 4 is 16.8 Å². The maximum Gasteiger partial charge on any atom is 0.275 e. The Hall–Kier alpha value is -2.66. The predicted molar refractivity (Wildman–Crippen MR) is 108 cm³/mol. The second-order valence-electron chi connectivity index (χ2n) is 8.45. The molecule has 28 heavy (non-hydrogen) atoms. The Morgan fingerprint density at radius 2 is 1.71 bits per heavy atom. The highest BCUT2D eigenvalue weighted by Crippen LogP contribution is 2.47. The summed E-state index contributed by atoms with van der Waals surface area (Å²) in [4.78, 5) is 18.4. The number of benzene rings is 2. The number of aromatic nitrogens is 2. The summed E-state index contributed by atoms with van der Waals surface area (Å²) >= 11 is 0. The van der Waals surface area contributed by atoms with E-state index in [1.807, 2.05) is 24.3 Å². The molecule has 0 radical (unpaired) electrons. The highest BCUT2D eigenvalue weighted by Gasteiger charge is 2.54. The van der Waals surface area contributed by atoms with Crippen molar-refractivity contribution in [2.75, 3.05) is 19.6 Å². The summed E-state index contributed by atoms with van der Waals surface area (Å²) in [5.41, 5.74) is 2.85. The zero-order valence-electron chi connectivity index (χ0n) is 15.8. The van der Waals surface area contributed by atoms with Crippen LogP contribution in [0, 0.1) is 5.92 Å². The number of para-hydroxylation sites is 1. The van der Waals surface area contributed by atoms with E-state index in [-0.39, 0.29) is 5.91 Å². The highest BCUT2D eigenvalue weighted by molar-refractivity contribution is 6.05. The van der Waals surface area contributed by atoms with Crippen LogP contribution in [0.2, 0.25) is 0 Å². The third kappa shape index (κ3) is 2.29. The lowest BCUT2D eigenvalue weighted by Gasteiger charge is -2.51. The van der Waals surface area contributed by atoms with Crippen LogP contribution in [0.1, 0.15) is 34.8 Å². The average Bonchev–Trinajstić information content (AvgIpc) is 3.38. The number of likely N-dealkylation sites (tertiary alicyclic amines) is 1. The topological polar surface area (TPSA) is 52.2 Å². The fourth-order valence-electron chi connectivity index (χ4n) is 5.91. The van der Waals surface area contributed by atoms with Crippen LogP contribution in [0.3, 0.4) is 0 Å². The van der Waals surface area contributed by atoms with Gasteiger partial charge in [0.1, 0.15) is 0 Å². The van der Waals surface area contributed by atoms with E-state index >= 15 is 0 Å². The average molecular weight is 372 g/mol. The molecule has 5 heteroatoms. The van der Waals surface area contributed by atoms with E-state index in [0.29, 0.717) is 29.6 Å². The van der Waals surface area contributed by atoms with Crippen molar-refractivity contribution in [1.29, 1.82) is 0 Å². The van der Waals surface area contributed by atoms with Crippen LogP contribution in [-0.4, -0.2) is 57.6 Å². The molecule has 3 atom stereocenters. The first-order valence-corrected chi connectivity index (χ1v) is 10.3. The molecular weight excluding hydrogens is 348 g/mol. The molecule has 0 spiro atoms. The number of aromatic amines is 1. The molecule has 4 saturated heterocycles. The number of piperidine rings is 3. The Morgan fingerprint density at radius 3 is 2.54 bits per heavy atom. The van der Waals surface area contributed by atoms with Crippen LogP contribution in [0.15, 0.2) is 54.6 Å². The fourth-order valence-corrected chi connectivity index (χ4v) is 5.91. The van der Waals surface area contributed by atoms with Crippen LogP contribution in [0.4, 0.5) is 0 Å². The van der Waals surface area contributed by atoms with Gasteiger partial charge in [-0.2, -0.15) is 5.10 Å². The van der Waals surface area contributed by atoms with Gasteiger partial charge in [-0.3, -0.25) is 14.8 Å². The molecule has 2 bridgehead atoms. The monoisotopic (exact) mass is 372 g/mol. The third-order valence-electron chi connectivity index (χ3n) is 7.16. The molecule has 5 nitrogen and oxygen atoms in total. The molecule has 142 valence electrons. The summed E-state index contributed by atoms with van der Waals surface area (Å²) in [6, 6.07) is 19.4. The van der Waals surface area contributed by atoms with Crippen LogP contribution in [0.25, 0.3) is 10.9 Å². The number of nitrogens with one attached hydrogen (secondary N) is 1. The summed E-state index contributed by atoms with van der Waals surface area (Å²) in [6.45, 7) is 3.12. The molecule has 7 rings (SSSR count). The van der Waals surface area contributed by atoms with E-state index in [0.717, 1.165) is 17.4 Å². The SMILES string of the molecule is O=C(c1n[nH]c2ccccc12)N1C[C@@H](c2ccccc2)[C@@H]2[C@H]1C1CCN2CC1. The highest BCUT2D eigenvalue weighted by atomic mass is 16.2. The fraction of sp³-hybridized carbons (Fsp3) is 0.391. The molecule has 1 N–H and O–H groups in total. The number of rotatable bonds is 2. The summed E-state index contributed by atoms with van der Waals surface area (Å²) in [6.07, 6.45) is 2.40. The number of hydrogen-bond acceptors (Lipinski definition) is 3. The van der Waals surface area contributed by atoms with Crippen molar-refractivity contribution in [3.05, 3.63) is 65.9 Å². The second-order valence-corrected chi connectivity index (χ2v) is 8.45. The first-order chi connectivity index (χ1) is 13.8. The van der Waals surface area contributed by atoms with Crippen molar-refractivity contribution in [1.82, 2.24) is 20.0 Å². The Bertz CT molecular complexity index is 1020. The molecule has 0 aliphatic carbocycles. The van der Waals surface area contributed by atoms with E-state index in [2.05, 4.69) is 50.3 Å². The van der Waals surface area contributed by atoms with E-state index in [4.69, 9.17) is 0 Å². The maximum absolute atomic E-state index is 13.7. The molecule has 5 heterocycles. The van der Waals surface area contributed by atoms with E-state index in [1.165, 1.54) is 31.5 Å². The molecule has 4 aliphatic rings. The zero-order chi connectivity index (χ0) is 18.7. The minimum Gasteiger partial charge on any atom is -0.332 e. The van der Waals surface area contributed by atoms with Gasteiger partial charge in [-0.15, -0.1) is 0 Å². The Kier molecular flexibility index (Phi) is 3.60. The van der Waals surface area contributed by atoms with Crippen LogP contribution < -0.4 is 0 Å². The normalized spacial score (nSPS) is 31.3. The largest absolute Gasteiger partial charge is 0.332 e. The van der Waals surface area contributed by atoms with Gasteiger partial charge in [0, 0.05) is 23.9 Å². The minimum absolute atomic E-state index is 0.0830. The van der Waals surface area contributed by atoms with Gasteiger partial charge in [-0.1, -0.05) is 48.5 Å². The minimum atomic E-state index is 0.0830. The van der Waals surface area contributed by atoms with Gasteiger partial charge in [0.05, 0.1) is 11.6 Å². The molecule has 0 saturated carbocycles. The predicted octanol–water partition coefficient (Wildman–Crippen LogP) is 3.27. The van der Waals surface area contributed by atoms with Crippen molar-refractivity contribution in [2.24, 2.45) is 5.92 Å². The molecule has 2 aromatic carbocycles. The van der Waals surface area contributed by atoms with Crippen LogP contribution >= 0.6 is 0 Å². The quantitative estimate of drug-likeness (QED) is 0.751. The Morgan fingerprint density at radius 1 is 0.964 bits per heavy atom. The third-order valence-corrected chi connectivity index (χ3v) is 7.16. The number of carbonyl (C=O) groups excluding carboxylic acids is 1. The summed E-state index contributed by atoms with van der Waals surface area (Å²) < 4.78 is 0. The lowest BCUT2D eigenvalue weighted by Crippen LogP contribution is -2.60. The number of hydrogen-bond donors (Lipinski definition) is 1. The molecule has 1 amide bonds. The van der Waals surface area contributed by atoms with E-state index in [9.17, 15) is 4.79 Å². The first kappa shape index (κ1) is 16.3. The van der Waals surface area contributed by atoms with Gasteiger partial charge in [-0.05, 0) is 43.5 Å². The summed E-state index contributed by atoms with van der Waals surface area (Å²) in [5, 5.41) is 8.37. The molecule has 4 aliphatic heterocycles. The van der Waals surface area contributed by atoms with Gasteiger partial charge in [0.2, 0.25) is 0 Å². The summed E-state index contributed by atoms with van der Waals surface area (Å²) in [7, 11) is 0. The lowest BCUT2D eigenvalue weighted by atomic mass is 9.75. The molecule has 0 unspecified atom stereocenters. The molecular formula is C23H24N4O. The zero-order valence-corrected chi connectivity index (χ0v) is 15.8. The van der Waals surface area contributed by atoms with Gasteiger partial charge in [-0.25, -0.2) is 0 Å². The van der Waals surface area contributed by atoms with Crippen LogP contribution in [-0.2, 0) is 0 Å². The van der Waals surface area contributed by atoms with Gasteiger partial charge < -0.3 is 4.90 Å². The van der Waals surface area contributed by atoms with Crippen LogP contribution in [0.5, 0.6) is 0 Å². The Labute approximate surface area is 164 Å². The molecule has 1 aromatic heterocycles. The molecule has 3 aromatic rings. The van der Waals surface area contributed by atoms with Crippen molar-refractivity contribution in [2.45, 2.75) is 30.8 Å². The second kappa shape index (κ2) is 6.17. The van der Waals surface area contributed by atoms with Crippen molar-refractivity contribution < 1.29 is 4.79 Å². The van der Waals surface area contributed by atoms with Gasteiger partial charge in [0.25, 0.3) is 5.91 Å². The number of amides is 1. The van der Waals surface area contributed by atoms with Crippen molar-refractivity contribution in [3.8, 4) is 0 Å². The number of fused-ring (bicyclic) bond motifs is 3. The number of H-pyrrole nitrogens is 1. The van der Waals surface area contributed by atoms with E-state index < -0.39 is 0 Å². The summed E-state index contributed by atoms with van der Waals surface area (Å²) in [5.74, 6) is 1.07. The maximum atomic E-state index is 13.7.